The smallest absolute Gasteiger partial charge is 0.0306 e. The van der Waals surface area contributed by atoms with E-state index in [1.165, 1.54) is 21.9 Å². The van der Waals surface area contributed by atoms with Crippen LogP contribution in [-0.2, 0) is 5.41 Å². The summed E-state index contributed by atoms with van der Waals surface area (Å²) in [5.74, 6) is 0. The highest BCUT2D eigenvalue weighted by atomic mass is 14.7. The maximum absolute atomic E-state index is 6.21. The zero-order valence-corrected chi connectivity index (χ0v) is 9.83. The first-order valence-corrected chi connectivity index (χ1v) is 5.87. The van der Waals surface area contributed by atoms with E-state index < -0.39 is 0 Å². The molecule has 2 N–H and O–H groups in total. The van der Waals surface area contributed by atoms with E-state index in [0.29, 0.717) is 0 Å². The van der Waals surface area contributed by atoms with Gasteiger partial charge in [0, 0.05) is 6.04 Å². The molecule has 1 aliphatic rings. The Balaban J connectivity index is 2.42. The first-order chi connectivity index (χ1) is 7.59. The van der Waals surface area contributed by atoms with Gasteiger partial charge in [-0.15, -0.1) is 0 Å². The standard InChI is InChI=1S/C15H17N/c1-15(2)9-13(16)12-8-7-10-5-3-4-6-11(10)14(12)15/h3-8,13H,9,16H2,1-2H3/t13-/m0/s1. The van der Waals surface area contributed by atoms with Gasteiger partial charge in [-0.3, -0.25) is 0 Å². The Labute approximate surface area is 96.3 Å². The van der Waals surface area contributed by atoms with Gasteiger partial charge in [0.2, 0.25) is 0 Å². The molecule has 82 valence electrons. The molecule has 0 fully saturated rings. The Morgan fingerprint density at radius 1 is 1.12 bits per heavy atom. The van der Waals surface area contributed by atoms with Crippen LogP contribution in [0.5, 0.6) is 0 Å². The van der Waals surface area contributed by atoms with Crippen LogP contribution >= 0.6 is 0 Å². The molecule has 0 radical (unpaired) electrons. The molecule has 0 spiro atoms. The predicted molar refractivity (Wildman–Crippen MR) is 68.5 cm³/mol. The number of rotatable bonds is 0. The summed E-state index contributed by atoms with van der Waals surface area (Å²) in [5, 5.41) is 2.70. The van der Waals surface area contributed by atoms with Gasteiger partial charge in [0.15, 0.2) is 0 Å². The summed E-state index contributed by atoms with van der Waals surface area (Å²) in [6.07, 6.45) is 1.05. The van der Waals surface area contributed by atoms with Crippen LogP contribution < -0.4 is 5.73 Å². The lowest BCUT2D eigenvalue weighted by atomic mass is 9.83. The van der Waals surface area contributed by atoms with Crippen molar-refractivity contribution in [3.05, 3.63) is 47.5 Å². The number of hydrogen-bond donors (Lipinski definition) is 1. The van der Waals surface area contributed by atoms with Gasteiger partial charge in [-0.05, 0) is 33.7 Å². The van der Waals surface area contributed by atoms with Crippen molar-refractivity contribution in [2.75, 3.05) is 0 Å². The third-order valence-corrected chi connectivity index (χ3v) is 3.77. The summed E-state index contributed by atoms with van der Waals surface area (Å²) >= 11 is 0. The van der Waals surface area contributed by atoms with Crippen molar-refractivity contribution in [1.82, 2.24) is 0 Å². The van der Waals surface area contributed by atoms with Crippen LogP contribution in [0.2, 0.25) is 0 Å². The van der Waals surface area contributed by atoms with Crippen LogP contribution in [0.15, 0.2) is 36.4 Å². The minimum absolute atomic E-state index is 0.203. The molecule has 1 heteroatoms. The molecular weight excluding hydrogens is 194 g/mol. The molecule has 0 saturated carbocycles. The lowest BCUT2D eigenvalue weighted by molar-refractivity contribution is 0.483. The van der Waals surface area contributed by atoms with Crippen molar-refractivity contribution in [1.29, 1.82) is 0 Å². The summed E-state index contributed by atoms with van der Waals surface area (Å²) in [7, 11) is 0. The molecule has 0 amide bonds. The van der Waals surface area contributed by atoms with E-state index in [1.807, 2.05) is 0 Å². The fourth-order valence-electron chi connectivity index (χ4n) is 3.11. The Morgan fingerprint density at radius 2 is 1.88 bits per heavy atom. The molecule has 0 bridgehead atoms. The molecule has 0 saturated heterocycles. The number of nitrogens with two attached hydrogens (primary N) is 1. The molecule has 16 heavy (non-hydrogen) atoms. The first kappa shape index (κ1) is 9.86. The highest BCUT2D eigenvalue weighted by molar-refractivity contribution is 5.88. The molecule has 1 aliphatic carbocycles. The third-order valence-electron chi connectivity index (χ3n) is 3.77. The second-order valence-electron chi connectivity index (χ2n) is 5.45. The third kappa shape index (κ3) is 1.21. The lowest BCUT2D eigenvalue weighted by Gasteiger charge is -2.20. The highest BCUT2D eigenvalue weighted by Gasteiger charge is 2.36. The Hall–Kier alpha value is -1.34. The zero-order chi connectivity index (χ0) is 11.3. The Kier molecular flexibility index (Phi) is 1.90. The van der Waals surface area contributed by atoms with E-state index >= 15 is 0 Å². The molecule has 2 aromatic carbocycles. The number of fused-ring (bicyclic) bond motifs is 3. The second kappa shape index (κ2) is 3.08. The average Bonchev–Trinajstić information content (AvgIpc) is 2.49. The van der Waals surface area contributed by atoms with Gasteiger partial charge >= 0.3 is 0 Å². The maximum Gasteiger partial charge on any atom is 0.0306 e. The van der Waals surface area contributed by atoms with Crippen LogP contribution in [-0.4, -0.2) is 0 Å². The fourth-order valence-corrected chi connectivity index (χ4v) is 3.11. The molecule has 0 heterocycles. The van der Waals surface area contributed by atoms with Crippen molar-refractivity contribution in [2.45, 2.75) is 31.7 Å². The first-order valence-electron chi connectivity index (χ1n) is 5.87. The van der Waals surface area contributed by atoms with E-state index in [2.05, 4.69) is 50.2 Å². The van der Waals surface area contributed by atoms with E-state index in [9.17, 15) is 0 Å². The number of hydrogen-bond acceptors (Lipinski definition) is 1. The minimum Gasteiger partial charge on any atom is -0.324 e. The molecule has 0 aromatic heterocycles. The van der Waals surface area contributed by atoms with Crippen LogP contribution in [0, 0.1) is 0 Å². The lowest BCUT2D eigenvalue weighted by Crippen LogP contribution is -2.14. The van der Waals surface area contributed by atoms with Gasteiger partial charge in [0.05, 0.1) is 0 Å². The van der Waals surface area contributed by atoms with Crippen LogP contribution in [0.3, 0.4) is 0 Å². The second-order valence-corrected chi connectivity index (χ2v) is 5.45. The van der Waals surface area contributed by atoms with E-state index in [0.717, 1.165) is 6.42 Å². The zero-order valence-electron chi connectivity index (χ0n) is 9.83. The molecule has 0 unspecified atom stereocenters. The molecule has 3 rings (SSSR count). The summed E-state index contributed by atoms with van der Waals surface area (Å²) < 4.78 is 0. The quantitative estimate of drug-likeness (QED) is 0.709. The summed E-state index contributed by atoms with van der Waals surface area (Å²) in [6, 6.07) is 13.2. The van der Waals surface area contributed by atoms with E-state index in [-0.39, 0.29) is 11.5 Å². The number of benzene rings is 2. The van der Waals surface area contributed by atoms with Gasteiger partial charge in [-0.2, -0.15) is 0 Å². The fraction of sp³-hybridized carbons (Fsp3) is 0.333. The maximum atomic E-state index is 6.21. The molecule has 1 atom stereocenters. The minimum atomic E-state index is 0.203. The van der Waals surface area contributed by atoms with Crippen molar-refractivity contribution in [3.8, 4) is 0 Å². The highest BCUT2D eigenvalue weighted by Crippen LogP contribution is 2.46. The van der Waals surface area contributed by atoms with Crippen molar-refractivity contribution < 1.29 is 0 Å². The Bertz CT molecular complexity index is 554. The SMILES string of the molecule is CC1(C)C[C@H](N)c2ccc3ccccc3c21. The summed E-state index contributed by atoms with van der Waals surface area (Å²) in [6.45, 7) is 4.59. The van der Waals surface area contributed by atoms with Crippen LogP contribution in [0.1, 0.15) is 37.4 Å². The van der Waals surface area contributed by atoms with E-state index in [4.69, 9.17) is 5.73 Å². The van der Waals surface area contributed by atoms with Gasteiger partial charge < -0.3 is 5.73 Å². The monoisotopic (exact) mass is 211 g/mol. The summed E-state index contributed by atoms with van der Waals surface area (Å²) in [4.78, 5) is 0. The molecule has 0 aliphatic heterocycles. The van der Waals surface area contributed by atoms with Gasteiger partial charge in [0.1, 0.15) is 0 Å². The molecular formula is C15H17N. The molecule has 2 aromatic rings. The van der Waals surface area contributed by atoms with Crippen molar-refractivity contribution in [2.24, 2.45) is 5.73 Å². The Morgan fingerprint density at radius 3 is 2.69 bits per heavy atom. The van der Waals surface area contributed by atoms with Gasteiger partial charge in [-0.25, -0.2) is 0 Å². The predicted octanol–water partition coefficient (Wildman–Crippen LogP) is 3.52. The van der Waals surface area contributed by atoms with Crippen LogP contribution in [0.25, 0.3) is 10.8 Å². The topological polar surface area (TPSA) is 26.0 Å². The normalized spacial score (nSPS) is 22.3. The average molecular weight is 211 g/mol. The van der Waals surface area contributed by atoms with E-state index in [1.54, 1.807) is 0 Å². The van der Waals surface area contributed by atoms with Gasteiger partial charge in [0.25, 0.3) is 0 Å². The summed E-state index contributed by atoms with van der Waals surface area (Å²) in [5.41, 5.74) is 9.21. The molecule has 1 nitrogen and oxygen atoms in total. The largest absolute Gasteiger partial charge is 0.324 e. The van der Waals surface area contributed by atoms with Crippen molar-refractivity contribution >= 4 is 10.8 Å². The van der Waals surface area contributed by atoms with Crippen LogP contribution in [0.4, 0.5) is 0 Å². The van der Waals surface area contributed by atoms with Gasteiger partial charge in [-0.1, -0.05) is 50.2 Å². The van der Waals surface area contributed by atoms with Crippen molar-refractivity contribution in [3.63, 3.8) is 0 Å².